The minimum Gasteiger partial charge on any atom is -0.467 e. The van der Waals surface area contributed by atoms with Crippen molar-refractivity contribution in [3.05, 3.63) is 47.2 Å². The van der Waals surface area contributed by atoms with Gasteiger partial charge in [0.05, 0.1) is 12.8 Å². The fraction of sp³-hybridized carbons (Fsp3) is 0.556. The number of carbonyl (C=O) groups excluding carboxylic acids is 2. The van der Waals surface area contributed by atoms with E-state index in [9.17, 15) is 9.59 Å². The van der Waals surface area contributed by atoms with Gasteiger partial charge >= 0.3 is 12.0 Å². The molecule has 2 aliphatic carbocycles. The highest BCUT2D eigenvalue weighted by Crippen LogP contribution is 2.29. The van der Waals surface area contributed by atoms with Gasteiger partial charge in [-0.3, -0.25) is 0 Å². The lowest BCUT2D eigenvalue weighted by Gasteiger charge is -2.31. The molecule has 1 fully saturated rings. The van der Waals surface area contributed by atoms with Crippen LogP contribution in [0.5, 0.6) is 0 Å². The molecule has 1 heterocycles. The predicted molar refractivity (Wildman–Crippen MR) is 140 cm³/mol. The molecule has 0 bridgehead atoms. The number of carbonyl (C=O) groups is 2. The van der Waals surface area contributed by atoms with Crippen molar-refractivity contribution in [3.8, 4) is 0 Å². The molecule has 0 radical (unpaired) electrons. The van der Waals surface area contributed by atoms with Gasteiger partial charge < -0.3 is 25.6 Å². The van der Waals surface area contributed by atoms with E-state index in [4.69, 9.17) is 14.7 Å². The number of methoxy groups -OCH3 is 1. The van der Waals surface area contributed by atoms with Gasteiger partial charge in [0, 0.05) is 38.2 Å². The zero-order chi connectivity index (χ0) is 25.5. The number of benzene rings is 1. The summed E-state index contributed by atoms with van der Waals surface area (Å²) in [6.07, 6.45) is 8.32. The van der Waals surface area contributed by atoms with Crippen LogP contribution in [0.2, 0.25) is 0 Å². The molecule has 1 aromatic carbocycles. The van der Waals surface area contributed by atoms with Crippen LogP contribution in [0.3, 0.4) is 0 Å². The third kappa shape index (κ3) is 6.65. The number of fused-ring (bicyclic) bond motifs is 1. The third-order valence-corrected chi connectivity index (χ3v) is 7.05. The Morgan fingerprint density at radius 3 is 2.42 bits per heavy atom. The van der Waals surface area contributed by atoms with E-state index in [1.807, 2.05) is 44.4 Å². The summed E-state index contributed by atoms with van der Waals surface area (Å²) < 4.78 is 4.90. The summed E-state index contributed by atoms with van der Waals surface area (Å²) >= 11 is 0. The van der Waals surface area contributed by atoms with Gasteiger partial charge in [0.15, 0.2) is 0 Å². The number of rotatable bonds is 8. The standard InChI is InChI=1S/C27H38N6O3/c1-33(2)24-21-11-7-8-12-22(21)30-26(32-24)28-19-13-15-20(16-14-19)29-27(35)31-23(25(34)36-3)17-18-9-5-4-6-10-18/h4-6,9-10,19-20,23H,7-8,11-17H2,1-3H3,(H,28,30,32)(H2,29,31,35)/t19?,20?,23-/m0/s1. The van der Waals surface area contributed by atoms with Crippen molar-refractivity contribution in [1.29, 1.82) is 0 Å². The van der Waals surface area contributed by atoms with Crippen molar-refractivity contribution in [3.63, 3.8) is 0 Å². The molecule has 194 valence electrons. The number of hydrogen-bond donors (Lipinski definition) is 3. The van der Waals surface area contributed by atoms with E-state index < -0.39 is 12.0 Å². The van der Waals surface area contributed by atoms with Crippen LogP contribution in [-0.4, -0.2) is 61.3 Å². The van der Waals surface area contributed by atoms with Gasteiger partial charge in [-0.15, -0.1) is 0 Å². The number of aromatic nitrogens is 2. The minimum atomic E-state index is -0.734. The lowest BCUT2D eigenvalue weighted by Crippen LogP contribution is -2.51. The van der Waals surface area contributed by atoms with E-state index in [2.05, 4.69) is 20.9 Å². The van der Waals surface area contributed by atoms with Gasteiger partial charge in [0.2, 0.25) is 5.95 Å². The summed E-state index contributed by atoms with van der Waals surface area (Å²) in [4.78, 5) is 36.6. The summed E-state index contributed by atoms with van der Waals surface area (Å²) in [5.74, 6) is 1.27. The number of nitrogens with zero attached hydrogens (tertiary/aromatic N) is 3. The van der Waals surface area contributed by atoms with Crippen LogP contribution in [0.25, 0.3) is 0 Å². The van der Waals surface area contributed by atoms with Crippen LogP contribution >= 0.6 is 0 Å². The summed E-state index contributed by atoms with van der Waals surface area (Å²) in [7, 11) is 5.41. The van der Waals surface area contributed by atoms with Gasteiger partial charge in [0.25, 0.3) is 0 Å². The molecule has 0 spiro atoms. The number of amides is 2. The molecule has 3 N–H and O–H groups in total. The number of hydrogen-bond acceptors (Lipinski definition) is 7. The van der Waals surface area contributed by atoms with E-state index >= 15 is 0 Å². The fourth-order valence-electron chi connectivity index (χ4n) is 5.14. The molecule has 9 nitrogen and oxygen atoms in total. The van der Waals surface area contributed by atoms with Crippen molar-refractivity contribution in [2.24, 2.45) is 0 Å². The number of nitrogens with one attached hydrogen (secondary N) is 3. The Labute approximate surface area is 213 Å². The molecule has 2 aromatic rings. The first kappa shape index (κ1) is 25.7. The molecule has 1 atom stereocenters. The van der Waals surface area contributed by atoms with Crippen LogP contribution < -0.4 is 20.9 Å². The van der Waals surface area contributed by atoms with Crippen LogP contribution in [0.15, 0.2) is 30.3 Å². The normalized spacial score (nSPS) is 20.0. The molecule has 36 heavy (non-hydrogen) atoms. The van der Waals surface area contributed by atoms with E-state index in [-0.39, 0.29) is 18.1 Å². The molecular weight excluding hydrogens is 456 g/mol. The van der Waals surface area contributed by atoms with Gasteiger partial charge in [-0.2, -0.15) is 4.98 Å². The molecule has 0 saturated heterocycles. The summed E-state index contributed by atoms with van der Waals surface area (Å²) in [6.45, 7) is 0. The van der Waals surface area contributed by atoms with Crippen molar-refractivity contribution in [2.45, 2.75) is 75.9 Å². The van der Waals surface area contributed by atoms with Gasteiger partial charge in [0.1, 0.15) is 11.9 Å². The monoisotopic (exact) mass is 494 g/mol. The number of anilines is 2. The first-order valence-electron chi connectivity index (χ1n) is 13.0. The second kappa shape index (κ2) is 12.1. The Balaban J connectivity index is 1.28. The minimum absolute atomic E-state index is 0.0554. The summed E-state index contributed by atoms with van der Waals surface area (Å²) in [5, 5.41) is 9.38. The van der Waals surface area contributed by atoms with Crippen LogP contribution in [0, 0.1) is 0 Å². The number of aryl methyl sites for hydroxylation is 1. The van der Waals surface area contributed by atoms with Crippen molar-refractivity contribution < 1.29 is 14.3 Å². The maximum Gasteiger partial charge on any atom is 0.328 e. The Kier molecular flexibility index (Phi) is 8.61. The Morgan fingerprint density at radius 2 is 1.72 bits per heavy atom. The second-order valence-corrected chi connectivity index (χ2v) is 9.97. The SMILES string of the molecule is COC(=O)[C@H](Cc1ccccc1)NC(=O)NC1CCC(Nc2nc3c(c(N(C)C)n2)CCCC3)CC1. The number of ether oxygens (including phenoxy) is 1. The van der Waals surface area contributed by atoms with E-state index in [1.165, 1.54) is 31.2 Å². The molecule has 2 amide bonds. The zero-order valence-electron chi connectivity index (χ0n) is 21.5. The van der Waals surface area contributed by atoms with Gasteiger partial charge in [-0.05, 0) is 56.9 Å². The smallest absolute Gasteiger partial charge is 0.328 e. The van der Waals surface area contributed by atoms with Crippen LogP contribution in [0.1, 0.15) is 55.3 Å². The predicted octanol–water partition coefficient (Wildman–Crippen LogP) is 3.23. The summed E-state index contributed by atoms with van der Waals surface area (Å²) in [6, 6.07) is 8.84. The Bertz CT molecular complexity index is 1040. The lowest BCUT2D eigenvalue weighted by molar-refractivity contribution is -0.142. The first-order chi connectivity index (χ1) is 17.4. The Morgan fingerprint density at radius 1 is 1.03 bits per heavy atom. The highest BCUT2D eigenvalue weighted by Gasteiger charge is 2.27. The van der Waals surface area contributed by atoms with E-state index in [0.717, 1.165) is 49.9 Å². The maximum absolute atomic E-state index is 12.7. The molecule has 0 aliphatic heterocycles. The van der Waals surface area contributed by atoms with E-state index in [1.54, 1.807) is 0 Å². The molecule has 1 saturated carbocycles. The van der Waals surface area contributed by atoms with E-state index in [0.29, 0.717) is 12.4 Å². The molecule has 0 unspecified atom stereocenters. The first-order valence-corrected chi connectivity index (χ1v) is 13.0. The molecular formula is C27H38N6O3. The van der Waals surface area contributed by atoms with Crippen molar-refractivity contribution in [1.82, 2.24) is 20.6 Å². The average molecular weight is 495 g/mol. The zero-order valence-corrected chi connectivity index (χ0v) is 21.5. The topological polar surface area (TPSA) is 108 Å². The van der Waals surface area contributed by atoms with Crippen LogP contribution in [0.4, 0.5) is 16.6 Å². The Hall–Kier alpha value is -3.36. The highest BCUT2D eigenvalue weighted by atomic mass is 16.5. The highest BCUT2D eigenvalue weighted by molar-refractivity contribution is 5.83. The van der Waals surface area contributed by atoms with Gasteiger partial charge in [-0.25, -0.2) is 14.6 Å². The lowest BCUT2D eigenvalue weighted by atomic mass is 9.91. The van der Waals surface area contributed by atoms with Gasteiger partial charge in [-0.1, -0.05) is 30.3 Å². The van der Waals surface area contributed by atoms with Crippen LogP contribution in [-0.2, 0) is 28.8 Å². The number of esters is 1. The second-order valence-electron chi connectivity index (χ2n) is 9.97. The largest absolute Gasteiger partial charge is 0.467 e. The molecule has 4 rings (SSSR count). The average Bonchev–Trinajstić information content (AvgIpc) is 2.89. The van der Waals surface area contributed by atoms with Crippen molar-refractivity contribution in [2.75, 3.05) is 31.4 Å². The summed E-state index contributed by atoms with van der Waals surface area (Å²) in [5.41, 5.74) is 3.42. The maximum atomic E-state index is 12.7. The molecule has 2 aliphatic rings. The molecule has 9 heteroatoms. The quantitative estimate of drug-likeness (QED) is 0.484. The molecule has 1 aromatic heterocycles. The fourth-order valence-corrected chi connectivity index (χ4v) is 5.14. The third-order valence-electron chi connectivity index (χ3n) is 7.05. The number of urea groups is 1. The van der Waals surface area contributed by atoms with Crippen molar-refractivity contribution >= 4 is 23.8 Å².